The molecule has 0 amide bonds. The normalized spacial score (nSPS) is 12.4. The van der Waals surface area contributed by atoms with Crippen LogP contribution in [0.4, 0.5) is 5.69 Å². The molecule has 0 saturated heterocycles. The first-order valence-corrected chi connectivity index (χ1v) is 11.0. The summed E-state index contributed by atoms with van der Waals surface area (Å²) in [6, 6.07) is 14.0. The molecule has 2 aromatic rings. The fraction of sp³-hybridized carbons (Fsp3) is 0.429. The highest BCUT2D eigenvalue weighted by atomic mass is 35.5. The predicted molar refractivity (Wildman–Crippen MR) is 119 cm³/mol. The molecule has 0 radical (unpaired) electrons. The van der Waals surface area contributed by atoms with Gasteiger partial charge in [0, 0.05) is 18.3 Å². The molecular weight excluding hydrogens is 396 g/mol. The zero-order valence-electron chi connectivity index (χ0n) is 17.2. The minimum Gasteiger partial charge on any atom is -0.491 e. The quantitative estimate of drug-likeness (QED) is 0.657. The Morgan fingerprint density at radius 2 is 1.64 bits per heavy atom. The zero-order chi connectivity index (χ0) is 20.0. The molecule has 0 spiro atoms. The smallest absolute Gasteiger partial charge is 0.229 e. The number of anilines is 1. The monoisotopic (exact) mass is 426 g/mol. The lowest BCUT2D eigenvalue weighted by Crippen LogP contribution is -2.35. The van der Waals surface area contributed by atoms with Gasteiger partial charge in [0.15, 0.2) is 0 Å². The number of nitrogens with one attached hydrogen (secondary N) is 1. The van der Waals surface area contributed by atoms with Crippen LogP contribution in [0, 0.1) is 13.8 Å². The lowest BCUT2D eigenvalue weighted by Gasteiger charge is -2.25. The number of ether oxygens (including phenoxy) is 1. The van der Waals surface area contributed by atoms with Gasteiger partial charge in [0.25, 0.3) is 0 Å². The molecule has 0 aliphatic carbocycles. The highest BCUT2D eigenvalue weighted by Crippen LogP contribution is 2.22. The van der Waals surface area contributed by atoms with Crippen molar-refractivity contribution in [3.05, 3.63) is 59.2 Å². The number of rotatable bonds is 9. The summed E-state index contributed by atoms with van der Waals surface area (Å²) in [5.74, 6) is 0.978. The second kappa shape index (κ2) is 10.7. The van der Waals surface area contributed by atoms with Crippen LogP contribution in [0.2, 0.25) is 0 Å². The van der Waals surface area contributed by atoms with Gasteiger partial charge < -0.3 is 4.74 Å². The number of hydrogen-bond acceptors (Lipinski definition) is 4. The van der Waals surface area contributed by atoms with Crippen molar-refractivity contribution in [2.75, 3.05) is 31.2 Å². The summed E-state index contributed by atoms with van der Waals surface area (Å²) < 4.78 is 31.0. The van der Waals surface area contributed by atoms with E-state index >= 15 is 0 Å². The number of sulfonamides is 1. The van der Waals surface area contributed by atoms with Gasteiger partial charge in [-0.25, -0.2) is 8.42 Å². The van der Waals surface area contributed by atoms with Gasteiger partial charge in [-0.05, 0) is 63.1 Å². The van der Waals surface area contributed by atoms with E-state index in [-0.39, 0.29) is 18.4 Å². The molecule has 5 nitrogen and oxygen atoms in total. The third-order valence-corrected chi connectivity index (χ3v) is 5.25. The Bertz CT molecular complexity index is 834. The summed E-state index contributed by atoms with van der Waals surface area (Å²) in [7, 11) is -1.14. The van der Waals surface area contributed by atoms with E-state index in [1.807, 2.05) is 18.2 Å². The van der Waals surface area contributed by atoms with E-state index in [4.69, 9.17) is 4.74 Å². The molecule has 1 unspecified atom stereocenters. The van der Waals surface area contributed by atoms with Crippen LogP contribution in [0.5, 0.6) is 5.75 Å². The highest BCUT2D eigenvalue weighted by Gasteiger charge is 2.12. The predicted octanol–water partition coefficient (Wildman–Crippen LogP) is 4.04. The number of hydrogen-bond donors (Lipinski definition) is 1. The Kier molecular flexibility index (Phi) is 9.27. The van der Waals surface area contributed by atoms with Gasteiger partial charge >= 0.3 is 0 Å². The van der Waals surface area contributed by atoms with Crippen molar-refractivity contribution in [2.24, 2.45) is 0 Å². The van der Waals surface area contributed by atoms with Crippen LogP contribution in [0.15, 0.2) is 42.5 Å². The van der Waals surface area contributed by atoms with Gasteiger partial charge in [0.1, 0.15) is 12.4 Å². The van der Waals surface area contributed by atoms with Crippen molar-refractivity contribution < 1.29 is 13.2 Å². The second-order valence-corrected chi connectivity index (χ2v) is 8.93. The lowest BCUT2D eigenvalue weighted by molar-refractivity contribution is 0.173. The molecule has 7 heteroatoms. The van der Waals surface area contributed by atoms with Gasteiger partial charge in [-0.15, -0.1) is 12.4 Å². The molecule has 0 aliphatic heterocycles. The first-order chi connectivity index (χ1) is 12.7. The Hall–Kier alpha value is -1.76. The van der Waals surface area contributed by atoms with Crippen LogP contribution in [-0.4, -0.2) is 45.8 Å². The van der Waals surface area contributed by atoms with Crippen LogP contribution in [0.25, 0.3) is 0 Å². The van der Waals surface area contributed by atoms with Crippen LogP contribution >= 0.6 is 12.4 Å². The van der Waals surface area contributed by atoms with Crippen molar-refractivity contribution in [3.8, 4) is 5.75 Å². The number of nitrogens with zero attached hydrogens (tertiary/aromatic N) is 1. The van der Waals surface area contributed by atoms with Gasteiger partial charge in [0.2, 0.25) is 10.0 Å². The second-order valence-electron chi connectivity index (χ2n) is 7.18. The Balaban J connectivity index is 0.00000392. The third-order valence-electron chi connectivity index (χ3n) is 4.64. The maximum atomic E-state index is 11.3. The molecule has 2 rings (SSSR count). The fourth-order valence-electron chi connectivity index (χ4n) is 2.84. The summed E-state index contributed by atoms with van der Waals surface area (Å²) in [4.78, 5) is 2.27. The Morgan fingerprint density at radius 1 is 1.07 bits per heavy atom. The number of halogens is 1. The first kappa shape index (κ1) is 24.3. The van der Waals surface area contributed by atoms with E-state index in [2.05, 4.69) is 49.6 Å². The molecule has 1 atom stereocenters. The van der Waals surface area contributed by atoms with E-state index in [1.165, 1.54) is 5.56 Å². The van der Waals surface area contributed by atoms with Crippen molar-refractivity contribution in [3.63, 3.8) is 0 Å². The van der Waals surface area contributed by atoms with Crippen LogP contribution < -0.4 is 9.46 Å². The number of benzene rings is 2. The average molecular weight is 427 g/mol. The van der Waals surface area contributed by atoms with E-state index in [0.29, 0.717) is 12.3 Å². The van der Waals surface area contributed by atoms with Gasteiger partial charge in [0.05, 0.1) is 6.26 Å². The largest absolute Gasteiger partial charge is 0.491 e. The zero-order valence-corrected chi connectivity index (χ0v) is 18.9. The van der Waals surface area contributed by atoms with Gasteiger partial charge in [-0.2, -0.15) is 0 Å². The van der Waals surface area contributed by atoms with Crippen LogP contribution in [-0.2, 0) is 16.4 Å². The molecule has 2 aromatic carbocycles. The molecular formula is C21H31ClN2O3S. The lowest BCUT2D eigenvalue weighted by atomic mass is 10.1. The minimum atomic E-state index is -3.23. The molecule has 0 aromatic heterocycles. The van der Waals surface area contributed by atoms with Gasteiger partial charge in [-0.1, -0.05) is 30.3 Å². The van der Waals surface area contributed by atoms with Crippen molar-refractivity contribution >= 4 is 28.1 Å². The van der Waals surface area contributed by atoms with Gasteiger partial charge in [-0.3, -0.25) is 9.62 Å². The number of aryl methyl sites for hydroxylation is 2. The summed E-state index contributed by atoms with van der Waals surface area (Å²) in [5.41, 5.74) is 4.08. The van der Waals surface area contributed by atoms with E-state index in [1.54, 1.807) is 12.1 Å². The van der Waals surface area contributed by atoms with Crippen molar-refractivity contribution in [1.82, 2.24) is 4.90 Å². The maximum absolute atomic E-state index is 11.3. The molecule has 28 heavy (non-hydrogen) atoms. The highest BCUT2D eigenvalue weighted by molar-refractivity contribution is 7.92. The van der Waals surface area contributed by atoms with E-state index in [9.17, 15) is 8.42 Å². The number of likely N-dealkylation sites (N-methyl/N-ethyl adjacent to an activating group) is 1. The summed E-state index contributed by atoms with van der Waals surface area (Å²) >= 11 is 0. The minimum absolute atomic E-state index is 0. The van der Waals surface area contributed by atoms with Crippen molar-refractivity contribution in [1.29, 1.82) is 0 Å². The Morgan fingerprint density at radius 3 is 2.18 bits per heavy atom. The SMILES string of the molecule is Cc1cccc(C)c1OCC(C)N(C)CCc1ccc(NS(C)(=O)=O)cc1.Cl. The number of para-hydroxylation sites is 1. The summed E-state index contributed by atoms with van der Waals surface area (Å²) in [6.07, 6.45) is 2.04. The summed E-state index contributed by atoms with van der Waals surface area (Å²) in [5, 5.41) is 0. The molecule has 0 bridgehead atoms. The molecule has 0 fully saturated rings. The summed E-state index contributed by atoms with van der Waals surface area (Å²) in [6.45, 7) is 7.83. The molecule has 0 saturated carbocycles. The molecule has 0 aliphatic rings. The molecule has 1 N–H and O–H groups in total. The fourth-order valence-corrected chi connectivity index (χ4v) is 3.40. The molecule has 156 valence electrons. The maximum Gasteiger partial charge on any atom is 0.229 e. The van der Waals surface area contributed by atoms with Crippen LogP contribution in [0.1, 0.15) is 23.6 Å². The van der Waals surface area contributed by atoms with E-state index < -0.39 is 10.0 Å². The van der Waals surface area contributed by atoms with Crippen molar-refractivity contribution in [2.45, 2.75) is 33.2 Å². The average Bonchev–Trinajstić information content (AvgIpc) is 2.59. The standard InChI is InChI=1S/C21H30N2O3S.ClH/c1-16-7-6-8-17(2)21(16)26-15-18(3)23(4)14-13-19-9-11-20(12-10-19)22-27(5,24)25;/h6-12,18,22H,13-15H2,1-5H3;1H. The molecule has 0 heterocycles. The third kappa shape index (κ3) is 7.70. The topological polar surface area (TPSA) is 58.6 Å². The van der Waals surface area contributed by atoms with Crippen LogP contribution in [0.3, 0.4) is 0 Å². The van der Waals surface area contributed by atoms with E-state index in [0.717, 1.165) is 36.1 Å². The Labute approximate surface area is 175 Å². The first-order valence-electron chi connectivity index (χ1n) is 9.11.